The van der Waals surface area contributed by atoms with Gasteiger partial charge in [-0.05, 0) is 44.2 Å². The summed E-state index contributed by atoms with van der Waals surface area (Å²) in [5.74, 6) is 3.27. The number of thioether (sulfide) groups is 1. The quantitative estimate of drug-likeness (QED) is 0.439. The van der Waals surface area contributed by atoms with Gasteiger partial charge in [0, 0.05) is 30.3 Å². The van der Waals surface area contributed by atoms with Crippen molar-refractivity contribution in [3.63, 3.8) is 0 Å². The normalized spacial score (nSPS) is 16.5. The number of hydrogen-bond acceptors (Lipinski definition) is 8. The van der Waals surface area contributed by atoms with Crippen molar-refractivity contribution in [3.05, 3.63) is 29.3 Å². The van der Waals surface area contributed by atoms with Gasteiger partial charge < -0.3 is 14.4 Å². The standard InChI is InChI=1S/C22H27N5O2S2/c1-28-18-8-6-7-17(19(18)29-2)20-23-15(13-30-20)14-31-22-25-24-21(27(22)16-9-10-16)26-11-4-3-5-12-26/h6-8,13,16H,3-5,9-12,14H2,1-2H3. The molecule has 1 aromatic carbocycles. The molecule has 2 aromatic heterocycles. The summed E-state index contributed by atoms with van der Waals surface area (Å²) in [4.78, 5) is 7.27. The minimum absolute atomic E-state index is 0.557. The summed E-state index contributed by atoms with van der Waals surface area (Å²) in [6, 6.07) is 6.44. The van der Waals surface area contributed by atoms with Crippen LogP contribution in [0.5, 0.6) is 11.5 Å². The van der Waals surface area contributed by atoms with Crippen LogP contribution in [-0.2, 0) is 5.75 Å². The number of aromatic nitrogens is 4. The molecular formula is C22H27N5O2S2. The minimum atomic E-state index is 0.557. The number of para-hydroxylation sites is 1. The van der Waals surface area contributed by atoms with E-state index in [2.05, 4.69) is 25.0 Å². The third-order valence-corrected chi connectivity index (χ3v) is 7.63. The van der Waals surface area contributed by atoms with E-state index in [4.69, 9.17) is 14.5 Å². The number of nitrogens with zero attached hydrogens (tertiary/aromatic N) is 5. The number of hydrogen-bond donors (Lipinski definition) is 0. The maximum atomic E-state index is 5.58. The van der Waals surface area contributed by atoms with Gasteiger partial charge in [-0.1, -0.05) is 17.8 Å². The van der Waals surface area contributed by atoms with E-state index in [1.807, 2.05) is 18.2 Å². The summed E-state index contributed by atoms with van der Waals surface area (Å²) in [5.41, 5.74) is 2.00. The van der Waals surface area contributed by atoms with Crippen molar-refractivity contribution in [1.29, 1.82) is 0 Å². The van der Waals surface area contributed by atoms with Crippen molar-refractivity contribution >= 4 is 29.0 Å². The van der Waals surface area contributed by atoms with Crippen LogP contribution in [0.3, 0.4) is 0 Å². The van der Waals surface area contributed by atoms with Crippen LogP contribution < -0.4 is 14.4 Å². The first-order chi connectivity index (χ1) is 15.3. The molecule has 1 saturated heterocycles. The molecule has 7 nitrogen and oxygen atoms in total. The largest absolute Gasteiger partial charge is 0.493 e. The molecule has 31 heavy (non-hydrogen) atoms. The highest BCUT2D eigenvalue weighted by Crippen LogP contribution is 2.42. The molecule has 1 saturated carbocycles. The Labute approximate surface area is 190 Å². The Morgan fingerprint density at radius 3 is 2.68 bits per heavy atom. The molecule has 9 heteroatoms. The molecule has 1 aliphatic carbocycles. The SMILES string of the molecule is COc1cccc(-c2nc(CSc3nnc(N4CCCCC4)n3C3CC3)cs2)c1OC. The average molecular weight is 458 g/mol. The molecular weight excluding hydrogens is 430 g/mol. The maximum absolute atomic E-state index is 5.58. The lowest BCUT2D eigenvalue weighted by molar-refractivity contribution is 0.356. The van der Waals surface area contributed by atoms with E-state index < -0.39 is 0 Å². The minimum Gasteiger partial charge on any atom is -0.493 e. The van der Waals surface area contributed by atoms with Crippen LogP contribution in [0.25, 0.3) is 10.6 Å². The van der Waals surface area contributed by atoms with Crippen LogP contribution in [0.15, 0.2) is 28.7 Å². The van der Waals surface area contributed by atoms with Crippen LogP contribution in [-0.4, -0.2) is 47.1 Å². The summed E-state index contributed by atoms with van der Waals surface area (Å²) in [5, 5.41) is 13.2. The average Bonchev–Trinajstić information content (AvgIpc) is 3.39. The van der Waals surface area contributed by atoms with E-state index in [-0.39, 0.29) is 0 Å². The van der Waals surface area contributed by atoms with E-state index in [0.717, 1.165) is 52.0 Å². The molecule has 0 atom stereocenters. The van der Waals surface area contributed by atoms with Gasteiger partial charge in [0.25, 0.3) is 0 Å². The lowest BCUT2D eigenvalue weighted by atomic mass is 10.1. The van der Waals surface area contributed by atoms with Crippen LogP contribution >= 0.6 is 23.1 Å². The molecule has 3 aromatic rings. The monoisotopic (exact) mass is 457 g/mol. The first-order valence-electron chi connectivity index (χ1n) is 10.8. The number of thiazole rings is 1. The van der Waals surface area contributed by atoms with E-state index in [0.29, 0.717) is 11.8 Å². The van der Waals surface area contributed by atoms with Crippen LogP contribution in [0.2, 0.25) is 0 Å². The van der Waals surface area contributed by atoms with Crippen molar-refractivity contribution in [1.82, 2.24) is 19.7 Å². The summed E-state index contributed by atoms with van der Waals surface area (Å²) in [6.45, 7) is 2.18. The Hall–Kier alpha value is -2.26. The fourth-order valence-electron chi connectivity index (χ4n) is 4.02. The third kappa shape index (κ3) is 4.25. The van der Waals surface area contributed by atoms with Gasteiger partial charge in [0.1, 0.15) is 5.01 Å². The Morgan fingerprint density at radius 2 is 1.94 bits per heavy atom. The highest BCUT2D eigenvalue weighted by Gasteiger charge is 2.32. The van der Waals surface area contributed by atoms with Crippen molar-refractivity contribution < 1.29 is 9.47 Å². The van der Waals surface area contributed by atoms with Gasteiger partial charge >= 0.3 is 0 Å². The van der Waals surface area contributed by atoms with Gasteiger partial charge in [-0.15, -0.1) is 21.5 Å². The highest BCUT2D eigenvalue weighted by molar-refractivity contribution is 7.98. The number of piperidine rings is 1. The van der Waals surface area contributed by atoms with E-state index in [1.54, 1.807) is 37.3 Å². The molecule has 2 fully saturated rings. The molecule has 0 bridgehead atoms. The summed E-state index contributed by atoms with van der Waals surface area (Å²) in [7, 11) is 3.32. The number of methoxy groups -OCH3 is 2. The fourth-order valence-corrected chi connectivity index (χ4v) is 5.86. The molecule has 0 radical (unpaired) electrons. The number of benzene rings is 1. The van der Waals surface area contributed by atoms with Crippen LogP contribution in [0, 0.1) is 0 Å². The number of ether oxygens (including phenoxy) is 2. The molecule has 0 N–H and O–H groups in total. The molecule has 5 rings (SSSR count). The number of anilines is 1. The Morgan fingerprint density at radius 1 is 1.10 bits per heavy atom. The summed E-state index contributed by atoms with van der Waals surface area (Å²) < 4.78 is 13.4. The van der Waals surface area contributed by atoms with E-state index in [9.17, 15) is 0 Å². The van der Waals surface area contributed by atoms with Crippen LogP contribution in [0.1, 0.15) is 43.8 Å². The summed E-state index contributed by atoms with van der Waals surface area (Å²) in [6.07, 6.45) is 6.26. The van der Waals surface area contributed by atoms with Crippen molar-refractivity contribution in [2.45, 2.75) is 49.1 Å². The van der Waals surface area contributed by atoms with E-state index >= 15 is 0 Å². The zero-order valence-electron chi connectivity index (χ0n) is 17.9. The van der Waals surface area contributed by atoms with Gasteiger partial charge in [-0.3, -0.25) is 4.57 Å². The number of rotatable bonds is 8. The molecule has 1 aliphatic heterocycles. The Balaban J connectivity index is 1.33. The van der Waals surface area contributed by atoms with Gasteiger partial charge in [0.15, 0.2) is 16.7 Å². The van der Waals surface area contributed by atoms with Crippen molar-refractivity contribution in [3.8, 4) is 22.1 Å². The Kier molecular flexibility index (Phi) is 6.04. The van der Waals surface area contributed by atoms with Gasteiger partial charge in [-0.25, -0.2) is 4.98 Å². The zero-order valence-corrected chi connectivity index (χ0v) is 19.5. The highest BCUT2D eigenvalue weighted by atomic mass is 32.2. The van der Waals surface area contributed by atoms with E-state index in [1.165, 1.54) is 32.1 Å². The van der Waals surface area contributed by atoms with Crippen molar-refractivity contribution in [2.75, 3.05) is 32.2 Å². The first kappa shape index (κ1) is 20.6. The zero-order chi connectivity index (χ0) is 21.2. The second kappa shape index (κ2) is 9.08. The molecule has 0 spiro atoms. The summed E-state index contributed by atoms with van der Waals surface area (Å²) >= 11 is 3.36. The van der Waals surface area contributed by atoms with Gasteiger partial charge in [0.2, 0.25) is 5.95 Å². The van der Waals surface area contributed by atoms with Crippen LogP contribution in [0.4, 0.5) is 5.95 Å². The predicted octanol–water partition coefficient (Wildman–Crippen LogP) is 5.04. The molecule has 2 aliphatic rings. The lowest BCUT2D eigenvalue weighted by Crippen LogP contribution is -2.31. The second-order valence-electron chi connectivity index (χ2n) is 7.91. The first-order valence-corrected chi connectivity index (χ1v) is 12.6. The van der Waals surface area contributed by atoms with Crippen molar-refractivity contribution in [2.24, 2.45) is 0 Å². The maximum Gasteiger partial charge on any atom is 0.228 e. The van der Waals surface area contributed by atoms with Gasteiger partial charge in [-0.2, -0.15) is 0 Å². The predicted molar refractivity (Wildman–Crippen MR) is 125 cm³/mol. The topological polar surface area (TPSA) is 65.3 Å². The third-order valence-electron chi connectivity index (χ3n) is 5.73. The Bertz CT molecular complexity index is 1040. The fraction of sp³-hybridized carbons (Fsp3) is 0.500. The molecule has 0 unspecified atom stereocenters. The lowest BCUT2D eigenvalue weighted by Gasteiger charge is -2.27. The molecule has 3 heterocycles. The van der Waals surface area contributed by atoms with Gasteiger partial charge in [0.05, 0.1) is 25.5 Å². The smallest absolute Gasteiger partial charge is 0.228 e. The molecule has 164 valence electrons. The second-order valence-corrected chi connectivity index (χ2v) is 9.71. The molecule has 0 amide bonds.